The van der Waals surface area contributed by atoms with Crippen LogP contribution in [0, 0.1) is 13.8 Å². The maximum Gasteiger partial charge on any atom is 0.262 e. The summed E-state index contributed by atoms with van der Waals surface area (Å²) < 4.78 is 7.35. The van der Waals surface area contributed by atoms with Gasteiger partial charge < -0.3 is 9.72 Å². The minimum atomic E-state index is -0.0828. The molecule has 1 saturated carbocycles. The molecule has 23 heavy (non-hydrogen) atoms. The summed E-state index contributed by atoms with van der Waals surface area (Å²) in [4.78, 5) is 17.5. The van der Waals surface area contributed by atoms with Crippen molar-refractivity contribution in [3.05, 3.63) is 55.0 Å². The van der Waals surface area contributed by atoms with E-state index in [2.05, 4.69) is 41.8 Å². The fraction of sp³-hybridized carbons (Fsp3) is 0.412. The van der Waals surface area contributed by atoms with Crippen LogP contribution >= 0.6 is 31.9 Å². The van der Waals surface area contributed by atoms with Crippen LogP contribution in [0.3, 0.4) is 0 Å². The standard InChI is InChI=1S/C11H14BrNO.C6H6BrNO/c1-8-6-10(12)11(13-7-8)14-9-4-2-3-5-9;1-4-2-5(7)6(9)8-3-4/h6-7,9H,2-5H2,1H3;2-3H,1H3,(H,8,9). The average molecular weight is 444 g/mol. The van der Waals surface area contributed by atoms with Crippen molar-refractivity contribution in [2.24, 2.45) is 0 Å². The third kappa shape index (κ3) is 5.77. The summed E-state index contributed by atoms with van der Waals surface area (Å²) in [7, 11) is 0. The molecule has 0 atom stereocenters. The number of nitrogens with one attached hydrogen (secondary N) is 1. The normalized spacial score (nSPS) is 14.3. The van der Waals surface area contributed by atoms with E-state index in [1.54, 1.807) is 12.3 Å². The van der Waals surface area contributed by atoms with Crippen molar-refractivity contribution < 1.29 is 4.74 Å². The van der Waals surface area contributed by atoms with Gasteiger partial charge in [-0.2, -0.15) is 0 Å². The van der Waals surface area contributed by atoms with Gasteiger partial charge >= 0.3 is 0 Å². The highest BCUT2D eigenvalue weighted by atomic mass is 79.9. The lowest BCUT2D eigenvalue weighted by molar-refractivity contribution is 0.200. The molecule has 0 radical (unpaired) electrons. The number of hydrogen-bond donors (Lipinski definition) is 1. The highest BCUT2D eigenvalue weighted by Crippen LogP contribution is 2.28. The average Bonchev–Trinajstić information content (AvgIpc) is 3.00. The van der Waals surface area contributed by atoms with E-state index in [-0.39, 0.29) is 5.56 Å². The number of nitrogens with zero attached hydrogens (tertiary/aromatic N) is 1. The number of hydrogen-bond acceptors (Lipinski definition) is 3. The lowest BCUT2D eigenvalue weighted by Gasteiger charge is -2.13. The quantitative estimate of drug-likeness (QED) is 0.716. The minimum absolute atomic E-state index is 0.0828. The van der Waals surface area contributed by atoms with E-state index in [4.69, 9.17) is 4.74 Å². The van der Waals surface area contributed by atoms with Crippen molar-refractivity contribution in [3.8, 4) is 5.88 Å². The number of aromatic amines is 1. The van der Waals surface area contributed by atoms with E-state index in [9.17, 15) is 4.79 Å². The summed E-state index contributed by atoms with van der Waals surface area (Å²) in [6, 6.07) is 3.82. The van der Waals surface area contributed by atoms with Gasteiger partial charge in [0.25, 0.3) is 5.56 Å². The Morgan fingerprint density at radius 2 is 1.78 bits per heavy atom. The molecule has 0 amide bonds. The van der Waals surface area contributed by atoms with Crippen LogP contribution in [0.2, 0.25) is 0 Å². The van der Waals surface area contributed by atoms with E-state index in [1.807, 2.05) is 26.1 Å². The Morgan fingerprint density at radius 1 is 1.13 bits per heavy atom. The van der Waals surface area contributed by atoms with Crippen LogP contribution in [-0.2, 0) is 0 Å². The topological polar surface area (TPSA) is 55.0 Å². The Morgan fingerprint density at radius 3 is 2.35 bits per heavy atom. The van der Waals surface area contributed by atoms with Crippen LogP contribution in [0.25, 0.3) is 0 Å². The molecule has 1 aliphatic carbocycles. The number of H-pyrrole nitrogens is 1. The molecule has 0 bridgehead atoms. The van der Waals surface area contributed by atoms with Gasteiger partial charge in [-0.25, -0.2) is 4.98 Å². The molecular formula is C17H20Br2N2O2. The summed E-state index contributed by atoms with van der Waals surface area (Å²) in [5.74, 6) is 0.738. The highest BCUT2D eigenvalue weighted by Gasteiger charge is 2.18. The number of halogens is 2. The molecule has 3 rings (SSSR count). The predicted molar refractivity (Wildman–Crippen MR) is 99.1 cm³/mol. The maximum absolute atomic E-state index is 10.7. The molecule has 2 aromatic rings. The summed E-state index contributed by atoms with van der Waals surface area (Å²) in [6.45, 7) is 3.94. The molecule has 0 aromatic carbocycles. The Bertz CT molecular complexity index is 710. The second kappa shape index (κ2) is 8.64. The second-order valence-electron chi connectivity index (χ2n) is 5.68. The van der Waals surface area contributed by atoms with Crippen molar-refractivity contribution in [1.29, 1.82) is 0 Å². The van der Waals surface area contributed by atoms with Crippen LogP contribution in [0.4, 0.5) is 0 Å². The van der Waals surface area contributed by atoms with Crippen LogP contribution < -0.4 is 10.3 Å². The molecular weight excluding hydrogens is 424 g/mol. The Hall–Kier alpha value is -1.14. The molecule has 0 spiro atoms. The van der Waals surface area contributed by atoms with E-state index >= 15 is 0 Å². The Kier molecular flexibility index (Phi) is 6.84. The predicted octanol–water partition coefficient (Wildman–Crippen LogP) is 4.92. The molecule has 1 N–H and O–H groups in total. The summed E-state index contributed by atoms with van der Waals surface area (Å²) in [5, 5.41) is 0. The van der Waals surface area contributed by atoms with Crippen LogP contribution in [-0.4, -0.2) is 16.1 Å². The van der Waals surface area contributed by atoms with Crippen molar-refractivity contribution in [1.82, 2.24) is 9.97 Å². The smallest absolute Gasteiger partial charge is 0.262 e. The Labute approximate surface area is 152 Å². The molecule has 2 heterocycles. The highest BCUT2D eigenvalue weighted by molar-refractivity contribution is 9.10. The van der Waals surface area contributed by atoms with Gasteiger partial charge in [0.15, 0.2) is 0 Å². The van der Waals surface area contributed by atoms with E-state index < -0.39 is 0 Å². The van der Waals surface area contributed by atoms with Gasteiger partial charge in [0, 0.05) is 12.4 Å². The third-order valence-corrected chi connectivity index (χ3v) is 4.68. The van der Waals surface area contributed by atoms with Crippen molar-refractivity contribution >= 4 is 31.9 Å². The van der Waals surface area contributed by atoms with E-state index in [0.717, 1.165) is 21.5 Å². The summed E-state index contributed by atoms with van der Waals surface area (Å²) in [5.41, 5.74) is 2.11. The second-order valence-corrected chi connectivity index (χ2v) is 7.39. The molecule has 6 heteroatoms. The minimum Gasteiger partial charge on any atom is -0.474 e. The van der Waals surface area contributed by atoms with Gasteiger partial charge in [-0.1, -0.05) is 0 Å². The fourth-order valence-corrected chi connectivity index (χ4v) is 3.36. The number of rotatable bonds is 2. The molecule has 1 aliphatic rings. The lowest BCUT2D eigenvalue weighted by atomic mass is 10.3. The largest absolute Gasteiger partial charge is 0.474 e. The molecule has 2 aromatic heterocycles. The van der Waals surface area contributed by atoms with Crippen LogP contribution in [0.15, 0.2) is 38.3 Å². The van der Waals surface area contributed by atoms with Crippen molar-refractivity contribution in [2.45, 2.75) is 45.6 Å². The lowest BCUT2D eigenvalue weighted by Crippen LogP contribution is -2.12. The van der Waals surface area contributed by atoms with Gasteiger partial charge in [0.05, 0.1) is 8.95 Å². The third-order valence-electron chi connectivity index (χ3n) is 3.53. The van der Waals surface area contributed by atoms with Gasteiger partial charge in [-0.05, 0) is 94.7 Å². The number of pyridine rings is 2. The van der Waals surface area contributed by atoms with Gasteiger partial charge in [0.1, 0.15) is 6.10 Å². The fourth-order valence-electron chi connectivity index (χ4n) is 2.33. The zero-order chi connectivity index (χ0) is 16.8. The Balaban J connectivity index is 0.000000185. The first-order valence-electron chi connectivity index (χ1n) is 7.59. The van der Waals surface area contributed by atoms with Gasteiger partial charge in [0.2, 0.25) is 5.88 Å². The van der Waals surface area contributed by atoms with Crippen LogP contribution in [0.1, 0.15) is 36.8 Å². The molecule has 1 fully saturated rings. The molecule has 4 nitrogen and oxygen atoms in total. The first-order chi connectivity index (χ1) is 11.0. The number of aryl methyl sites for hydroxylation is 2. The monoisotopic (exact) mass is 442 g/mol. The first kappa shape index (κ1) is 18.2. The zero-order valence-electron chi connectivity index (χ0n) is 13.2. The van der Waals surface area contributed by atoms with Crippen molar-refractivity contribution in [3.63, 3.8) is 0 Å². The SMILES string of the molecule is Cc1c[nH]c(=O)c(Br)c1.Cc1cnc(OC2CCCC2)c(Br)c1. The first-order valence-corrected chi connectivity index (χ1v) is 9.18. The molecule has 124 valence electrons. The van der Waals surface area contributed by atoms with Crippen molar-refractivity contribution in [2.75, 3.05) is 0 Å². The van der Waals surface area contributed by atoms with E-state index in [1.165, 1.54) is 25.7 Å². The van der Waals surface area contributed by atoms with Crippen LogP contribution in [0.5, 0.6) is 5.88 Å². The molecule has 0 unspecified atom stereocenters. The number of ether oxygens (including phenoxy) is 1. The van der Waals surface area contributed by atoms with Gasteiger partial charge in [-0.3, -0.25) is 4.79 Å². The summed E-state index contributed by atoms with van der Waals surface area (Å²) in [6.07, 6.45) is 8.80. The van der Waals surface area contributed by atoms with Gasteiger partial charge in [-0.15, -0.1) is 0 Å². The van der Waals surface area contributed by atoms with E-state index in [0.29, 0.717) is 10.6 Å². The maximum atomic E-state index is 10.7. The zero-order valence-corrected chi connectivity index (χ0v) is 16.4. The molecule has 0 aliphatic heterocycles. The molecule has 0 saturated heterocycles. The summed E-state index contributed by atoms with van der Waals surface area (Å²) >= 11 is 6.57. The number of aromatic nitrogens is 2.